The Morgan fingerprint density at radius 3 is 2.67 bits per heavy atom. The maximum Gasteiger partial charge on any atom is 0.425 e. The highest BCUT2D eigenvalue weighted by molar-refractivity contribution is 5.80. The number of halogens is 7. The predicted molar refractivity (Wildman–Crippen MR) is 136 cm³/mol. The number of hydrogen-bond acceptors (Lipinski definition) is 6. The van der Waals surface area contributed by atoms with Gasteiger partial charge in [-0.05, 0) is 51.3 Å². The summed E-state index contributed by atoms with van der Waals surface area (Å²) < 4.78 is 116. The quantitative estimate of drug-likeness (QED) is 0.251. The number of ether oxygens (including phenoxy) is 3. The summed E-state index contributed by atoms with van der Waals surface area (Å²) >= 11 is 0. The topological polar surface area (TPSA) is 80.4 Å². The highest BCUT2D eigenvalue weighted by Crippen LogP contribution is 2.36. The summed E-state index contributed by atoms with van der Waals surface area (Å²) in [5.41, 5.74) is -3.44. The molecule has 0 bridgehead atoms. The average molecular weight is 605 g/mol. The number of aromatic nitrogens is 4. The third kappa shape index (κ3) is 7.01. The molecule has 0 N–H and O–H groups in total. The highest BCUT2D eigenvalue weighted by Gasteiger charge is 2.39. The van der Waals surface area contributed by atoms with Crippen LogP contribution in [0.15, 0.2) is 35.3 Å². The molecule has 1 aliphatic rings. The SMILES string of the molecule is CCn1c(COC2CCCCO2)nn(-c2cc(O[C@@H](C)C(F)(F)F)c(/C(F)=C/c3cccnc3C(F)F)cc2F)c1=O. The lowest BCUT2D eigenvalue weighted by molar-refractivity contribution is -0.189. The van der Waals surface area contributed by atoms with Gasteiger partial charge in [0.1, 0.15) is 35.4 Å². The van der Waals surface area contributed by atoms with Crippen LogP contribution in [0.3, 0.4) is 0 Å². The average Bonchev–Trinajstić information content (AvgIpc) is 3.27. The van der Waals surface area contributed by atoms with Crippen molar-refractivity contribution in [2.24, 2.45) is 0 Å². The van der Waals surface area contributed by atoms with Crippen LogP contribution in [0.1, 0.15) is 62.2 Å². The van der Waals surface area contributed by atoms with E-state index in [1.807, 2.05) is 0 Å². The fourth-order valence-corrected chi connectivity index (χ4v) is 4.22. The van der Waals surface area contributed by atoms with Gasteiger partial charge in [-0.15, -0.1) is 5.10 Å². The van der Waals surface area contributed by atoms with Gasteiger partial charge >= 0.3 is 11.9 Å². The van der Waals surface area contributed by atoms with Crippen LogP contribution >= 0.6 is 0 Å². The molecule has 0 saturated carbocycles. The second-order valence-corrected chi connectivity index (χ2v) is 9.33. The van der Waals surface area contributed by atoms with Crippen molar-refractivity contribution in [3.8, 4) is 11.4 Å². The Morgan fingerprint density at radius 2 is 2.02 bits per heavy atom. The van der Waals surface area contributed by atoms with E-state index < -0.39 is 65.0 Å². The summed E-state index contributed by atoms with van der Waals surface area (Å²) in [5.74, 6) is -3.34. The fraction of sp³-hybridized carbons (Fsp3) is 0.444. The molecule has 1 saturated heterocycles. The van der Waals surface area contributed by atoms with Crippen LogP contribution in [-0.2, 0) is 22.6 Å². The van der Waals surface area contributed by atoms with Crippen LogP contribution in [0, 0.1) is 5.82 Å². The van der Waals surface area contributed by atoms with Crippen LogP contribution in [0.4, 0.5) is 30.7 Å². The molecule has 2 aromatic heterocycles. The standard InChI is InChI=1S/C27H27F7N4O4/c1-3-37-22(14-41-23-8-4-5-10-40-23)36-38(26(37)39)20-13-21(42-15(2)27(32,33)34)17(12-19(20)29)18(28)11-16-7-6-9-35-24(16)25(30)31/h6-7,9,11-13,15,23,25H,3-5,8,10,14H2,1-2H3/b18-11-/t15-,23?/m0/s1. The van der Waals surface area contributed by atoms with Crippen molar-refractivity contribution in [2.75, 3.05) is 6.61 Å². The van der Waals surface area contributed by atoms with Crippen LogP contribution < -0.4 is 10.4 Å². The molecule has 1 fully saturated rings. The highest BCUT2D eigenvalue weighted by atomic mass is 19.4. The Kier molecular flexibility index (Phi) is 9.71. The Hall–Kier alpha value is -3.72. The van der Waals surface area contributed by atoms with Gasteiger partial charge in [0.25, 0.3) is 6.43 Å². The second kappa shape index (κ2) is 13.1. The number of nitrogens with zero attached hydrogens (tertiary/aromatic N) is 4. The van der Waals surface area contributed by atoms with Crippen molar-refractivity contribution in [1.29, 1.82) is 0 Å². The lowest BCUT2D eigenvalue weighted by Gasteiger charge is -2.22. The molecular formula is C27H27F7N4O4. The van der Waals surface area contributed by atoms with Gasteiger partial charge in [-0.3, -0.25) is 9.55 Å². The molecule has 1 unspecified atom stereocenters. The van der Waals surface area contributed by atoms with E-state index in [4.69, 9.17) is 14.2 Å². The first-order chi connectivity index (χ1) is 19.9. The fourth-order valence-electron chi connectivity index (χ4n) is 4.22. The minimum atomic E-state index is -4.90. The van der Waals surface area contributed by atoms with Gasteiger partial charge in [-0.25, -0.2) is 22.4 Å². The number of alkyl halides is 5. The summed E-state index contributed by atoms with van der Waals surface area (Å²) in [6.45, 7) is 2.70. The number of rotatable bonds is 10. The van der Waals surface area contributed by atoms with Crippen molar-refractivity contribution in [3.63, 3.8) is 0 Å². The molecule has 1 aromatic carbocycles. The van der Waals surface area contributed by atoms with Crippen molar-refractivity contribution < 1.29 is 44.9 Å². The molecule has 2 atom stereocenters. The Bertz CT molecular complexity index is 1480. The van der Waals surface area contributed by atoms with Crippen LogP contribution in [0.5, 0.6) is 5.75 Å². The Morgan fingerprint density at radius 1 is 1.26 bits per heavy atom. The van der Waals surface area contributed by atoms with Gasteiger partial charge in [0.05, 0.1) is 5.56 Å². The van der Waals surface area contributed by atoms with Gasteiger partial charge in [0.2, 0.25) is 0 Å². The van der Waals surface area contributed by atoms with E-state index in [1.165, 1.54) is 10.6 Å². The van der Waals surface area contributed by atoms with E-state index in [0.717, 1.165) is 25.1 Å². The molecule has 15 heteroatoms. The van der Waals surface area contributed by atoms with Gasteiger partial charge in [0, 0.05) is 31.0 Å². The maximum atomic E-state index is 15.4. The smallest absolute Gasteiger partial charge is 0.425 e. The predicted octanol–water partition coefficient (Wildman–Crippen LogP) is 6.37. The van der Waals surface area contributed by atoms with Crippen molar-refractivity contribution >= 4 is 11.9 Å². The van der Waals surface area contributed by atoms with E-state index in [-0.39, 0.29) is 24.5 Å². The van der Waals surface area contributed by atoms with Crippen LogP contribution in [0.2, 0.25) is 0 Å². The van der Waals surface area contributed by atoms with Gasteiger partial charge in [0.15, 0.2) is 18.2 Å². The van der Waals surface area contributed by atoms with E-state index in [1.54, 1.807) is 6.92 Å². The zero-order valence-corrected chi connectivity index (χ0v) is 22.5. The molecule has 8 nitrogen and oxygen atoms in total. The molecule has 0 radical (unpaired) electrons. The van der Waals surface area contributed by atoms with Crippen molar-refractivity contribution in [3.05, 3.63) is 69.4 Å². The van der Waals surface area contributed by atoms with E-state index in [9.17, 15) is 26.7 Å². The number of pyridine rings is 1. The first-order valence-corrected chi connectivity index (χ1v) is 13.0. The van der Waals surface area contributed by atoms with E-state index >= 15 is 8.78 Å². The molecule has 4 rings (SSSR count). The summed E-state index contributed by atoms with van der Waals surface area (Å²) in [7, 11) is 0. The monoisotopic (exact) mass is 604 g/mol. The zero-order valence-electron chi connectivity index (χ0n) is 22.5. The lowest BCUT2D eigenvalue weighted by Crippen LogP contribution is -2.31. The zero-order chi connectivity index (χ0) is 30.6. The summed E-state index contributed by atoms with van der Waals surface area (Å²) in [4.78, 5) is 16.6. The lowest BCUT2D eigenvalue weighted by atomic mass is 10.1. The molecular weight excluding hydrogens is 577 g/mol. The molecule has 228 valence electrons. The van der Waals surface area contributed by atoms with Crippen LogP contribution in [0.25, 0.3) is 17.6 Å². The minimum Gasteiger partial charge on any atom is -0.480 e. The molecule has 3 heterocycles. The van der Waals surface area contributed by atoms with Gasteiger partial charge in [-0.2, -0.15) is 17.9 Å². The Balaban J connectivity index is 1.78. The summed E-state index contributed by atoms with van der Waals surface area (Å²) in [5, 5.41) is 4.11. The number of hydrogen-bond donors (Lipinski definition) is 0. The first kappa shape index (κ1) is 31.2. The molecule has 1 aliphatic heterocycles. The summed E-state index contributed by atoms with van der Waals surface area (Å²) in [6, 6.07) is 3.55. The molecule has 0 aliphatic carbocycles. The van der Waals surface area contributed by atoms with Gasteiger partial charge < -0.3 is 14.2 Å². The third-order valence-electron chi connectivity index (χ3n) is 6.45. The largest absolute Gasteiger partial charge is 0.480 e. The minimum absolute atomic E-state index is 0.0912. The molecule has 3 aromatic rings. The molecule has 0 spiro atoms. The second-order valence-electron chi connectivity index (χ2n) is 9.33. The Labute approximate surface area is 235 Å². The van der Waals surface area contributed by atoms with Gasteiger partial charge in [-0.1, -0.05) is 6.07 Å². The number of benzene rings is 1. The first-order valence-electron chi connectivity index (χ1n) is 13.0. The van der Waals surface area contributed by atoms with E-state index in [2.05, 4.69) is 10.1 Å². The van der Waals surface area contributed by atoms with E-state index in [0.29, 0.717) is 42.8 Å². The summed E-state index contributed by atoms with van der Waals surface area (Å²) in [6.07, 6.45) is -6.97. The normalized spacial score (nSPS) is 17.1. The third-order valence-corrected chi connectivity index (χ3v) is 6.45. The molecule has 0 amide bonds. The van der Waals surface area contributed by atoms with Crippen molar-refractivity contribution in [1.82, 2.24) is 19.3 Å². The van der Waals surface area contributed by atoms with Crippen molar-refractivity contribution in [2.45, 2.75) is 71.3 Å². The maximum absolute atomic E-state index is 15.4. The van der Waals surface area contributed by atoms with Crippen LogP contribution in [-0.4, -0.2) is 44.5 Å². The molecule has 42 heavy (non-hydrogen) atoms.